The van der Waals surface area contributed by atoms with Gasteiger partial charge in [0.1, 0.15) is 12.7 Å². The summed E-state index contributed by atoms with van der Waals surface area (Å²) in [5.41, 5.74) is 0.976. The second-order valence-electron chi connectivity index (χ2n) is 4.96. The normalized spacial score (nSPS) is 12.6. The standard InChI is InChI=1S/C15H21N3O2/c1-12(2)16-10-14(19)11-20-15-8-9-18(17-15)13-6-4-3-5-7-13/h3-9,12,14,16,19H,10-11H2,1-2H3. The van der Waals surface area contributed by atoms with Gasteiger partial charge in [0.05, 0.1) is 5.69 Å². The highest BCUT2D eigenvalue weighted by Gasteiger charge is 2.07. The molecular formula is C15H21N3O2. The molecule has 0 aliphatic rings. The van der Waals surface area contributed by atoms with Crippen LogP contribution in [0.2, 0.25) is 0 Å². The minimum absolute atomic E-state index is 0.228. The number of nitrogens with one attached hydrogen (secondary N) is 1. The fourth-order valence-electron chi connectivity index (χ4n) is 1.72. The highest BCUT2D eigenvalue weighted by atomic mass is 16.5. The van der Waals surface area contributed by atoms with E-state index in [2.05, 4.69) is 10.4 Å². The van der Waals surface area contributed by atoms with Gasteiger partial charge in [-0.15, -0.1) is 5.10 Å². The number of nitrogens with zero attached hydrogens (tertiary/aromatic N) is 2. The van der Waals surface area contributed by atoms with Crippen LogP contribution in [0.15, 0.2) is 42.6 Å². The third-order valence-corrected chi connectivity index (χ3v) is 2.77. The van der Waals surface area contributed by atoms with E-state index in [0.29, 0.717) is 18.5 Å². The Morgan fingerprint density at radius 3 is 2.70 bits per heavy atom. The van der Waals surface area contributed by atoms with Gasteiger partial charge in [0.15, 0.2) is 0 Å². The molecule has 1 heterocycles. The number of rotatable bonds is 7. The molecule has 1 unspecified atom stereocenters. The molecule has 5 nitrogen and oxygen atoms in total. The first-order chi connectivity index (χ1) is 9.65. The van der Waals surface area contributed by atoms with E-state index in [4.69, 9.17) is 4.74 Å². The average Bonchev–Trinajstić information content (AvgIpc) is 2.93. The Morgan fingerprint density at radius 1 is 1.25 bits per heavy atom. The average molecular weight is 275 g/mol. The smallest absolute Gasteiger partial charge is 0.233 e. The molecular weight excluding hydrogens is 254 g/mol. The van der Waals surface area contributed by atoms with Gasteiger partial charge in [0.2, 0.25) is 5.88 Å². The third kappa shape index (κ3) is 4.36. The Balaban J connectivity index is 1.84. The van der Waals surface area contributed by atoms with Gasteiger partial charge in [0.25, 0.3) is 0 Å². The predicted octanol–water partition coefficient (Wildman–Crippen LogP) is 1.61. The third-order valence-electron chi connectivity index (χ3n) is 2.77. The SMILES string of the molecule is CC(C)NCC(O)COc1ccn(-c2ccccc2)n1. The molecule has 0 radical (unpaired) electrons. The summed E-state index contributed by atoms with van der Waals surface area (Å²) in [5, 5.41) is 17.2. The zero-order valence-corrected chi connectivity index (χ0v) is 11.9. The summed E-state index contributed by atoms with van der Waals surface area (Å²) >= 11 is 0. The van der Waals surface area contributed by atoms with Crippen molar-refractivity contribution in [1.29, 1.82) is 0 Å². The summed E-state index contributed by atoms with van der Waals surface area (Å²) in [7, 11) is 0. The lowest BCUT2D eigenvalue weighted by Crippen LogP contribution is -2.35. The molecule has 0 aliphatic heterocycles. The number of benzene rings is 1. The van der Waals surface area contributed by atoms with Gasteiger partial charge < -0.3 is 15.2 Å². The molecule has 108 valence electrons. The molecule has 0 amide bonds. The monoisotopic (exact) mass is 275 g/mol. The first kappa shape index (κ1) is 14.6. The molecule has 1 aromatic heterocycles. The zero-order valence-electron chi connectivity index (χ0n) is 11.9. The Hall–Kier alpha value is -1.85. The van der Waals surface area contributed by atoms with Crippen molar-refractivity contribution in [1.82, 2.24) is 15.1 Å². The summed E-state index contributed by atoms with van der Waals surface area (Å²) < 4.78 is 7.22. The highest BCUT2D eigenvalue weighted by molar-refractivity contribution is 5.31. The van der Waals surface area contributed by atoms with Crippen molar-refractivity contribution in [3.05, 3.63) is 42.6 Å². The fourth-order valence-corrected chi connectivity index (χ4v) is 1.72. The van der Waals surface area contributed by atoms with E-state index in [1.54, 1.807) is 10.7 Å². The van der Waals surface area contributed by atoms with Gasteiger partial charge in [-0.2, -0.15) is 0 Å². The van der Waals surface area contributed by atoms with Crippen molar-refractivity contribution in [2.24, 2.45) is 0 Å². The van der Waals surface area contributed by atoms with Crippen LogP contribution in [0.25, 0.3) is 5.69 Å². The van der Waals surface area contributed by atoms with Crippen LogP contribution >= 0.6 is 0 Å². The Labute approximate surface area is 119 Å². The molecule has 2 rings (SSSR count). The number of aromatic nitrogens is 2. The molecule has 0 saturated heterocycles. The maximum absolute atomic E-state index is 9.76. The molecule has 0 saturated carbocycles. The molecule has 5 heteroatoms. The van der Waals surface area contributed by atoms with Crippen LogP contribution in [0, 0.1) is 0 Å². The van der Waals surface area contributed by atoms with Gasteiger partial charge in [-0.25, -0.2) is 4.68 Å². The number of hydrogen-bond acceptors (Lipinski definition) is 4. The molecule has 2 N–H and O–H groups in total. The van der Waals surface area contributed by atoms with E-state index in [0.717, 1.165) is 5.69 Å². The van der Waals surface area contributed by atoms with Crippen LogP contribution in [-0.4, -0.2) is 40.2 Å². The van der Waals surface area contributed by atoms with Crippen molar-refractivity contribution >= 4 is 0 Å². The molecule has 1 aromatic carbocycles. The van der Waals surface area contributed by atoms with E-state index in [-0.39, 0.29) is 6.61 Å². The van der Waals surface area contributed by atoms with Crippen molar-refractivity contribution in [3.63, 3.8) is 0 Å². The van der Waals surface area contributed by atoms with Crippen molar-refractivity contribution in [2.75, 3.05) is 13.2 Å². The molecule has 1 atom stereocenters. The molecule has 20 heavy (non-hydrogen) atoms. The lowest BCUT2D eigenvalue weighted by Gasteiger charge is -2.13. The van der Waals surface area contributed by atoms with Crippen molar-refractivity contribution in [2.45, 2.75) is 26.0 Å². The van der Waals surface area contributed by atoms with E-state index < -0.39 is 6.10 Å². The van der Waals surface area contributed by atoms with E-state index in [9.17, 15) is 5.11 Å². The Kier molecular flexibility index (Phi) is 5.15. The number of aliphatic hydroxyl groups is 1. The van der Waals surface area contributed by atoms with Crippen LogP contribution < -0.4 is 10.1 Å². The number of aliphatic hydroxyl groups excluding tert-OH is 1. The van der Waals surface area contributed by atoms with Crippen molar-refractivity contribution in [3.8, 4) is 11.6 Å². The van der Waals surface area contributed by atoms with Gasteiger partial charge in [-0.05, 0) is 12.1 Å². The Bertz CT molecular complexity index is 511. The van der Waals surface area contributed by atoms with Crippen LogP contribution in [0.3, 0.4) is 0 Å². The number of hydrogen-bond donors (Lipinski definition) is 2. The molecule has 0 fully saturated rings. The second kappa shape index (κ2) is 7.07. The van der Waals surface area contributed by atoms with Crippen LogP contribution in [0.4, 0.5) is 0 Å². The van der Waals surface area contributed by atoms with Crippen LogP contribution in [0.5, 0.6) is 5.88 Å². The maximum Gasteiger partial charge on any atom is 0.233 e. The quantitative estimate of drug-likeness (QED) is 0.806. The first-order valence-corrected chi connectivity index (χ1v) is 6.80. The zero-order chi connectivity index (χ0) is 14.4. The van der Waals surface area contributed by atoms with Gasteiger partial charge in [-0.1, -0.05) is 32.0 Å². The lowest BCUT2D eigenvalue weighted by atomic mass is 10.3. The minimum Gasteiger partial charge on any atom is -0.474 e. The fraction of sp³-hybridized carbons (Fsp3) is 0.400. The highest BCUT2D eigenvalue weighted by Crippen LogP contribution is 2.11. The molecule has 0 spiro atoms. The van der Waals surface area contributed by atoms with E-state index >= 15 is 0 Å². The van der Waals surface area contributed by atoms with Crippen LogP contribution in [0.1, 0.15) is 13.8 Å². The van der Waals surface area contributed by atoms with Gasteiger partial charge >= 0.3 is 0 Å². The van der Waals surface area contributed by atoms with Crippen molar-refractivity contribution < 1.29 is 9.84 Å². The number of para-hydroxylation sites is 1. The van der Waals surface area contributed by atoms with E-state index in [1.165, 1.54) is 0 Å². The summed E-state index contributed by atoms with van der Waals surface area (Å²) in [6, 6.07) is 12.0. The predicted molar refractivity (Wildman–Crippen MR) is 78.2 cm³/mol. The summed E-state index contributed by atoms with van der Waals surface area (Å²) in [4.78, 5) is 0. The summed E-state index contributed by atoms with van der Waals surface area (Å²) in [6.07, 6.45) is 1.29. The maximum atomic E-state index is 9.76. The first-order valence-electron chi connectivity index (χ1n) is 6.80. The van der Waals surface area contributed by atoms with Crippen LogP contribution in [-0.2, 0) is 0 Å². The Morgan fingerprint density at radius 2 is 2.00 bits per heavy atom. The largest absolute Gasteiger partial charge is 0.474 e. The number of ether oxygens (including phenoxy) is 1. The summed E-state index contributed by atoms with van der Waals surface area (Å²) in [6.45, 7) is 4.81. The topological polar surface area (TPSA) is 59.3 Å². The van der Waals surface area contributed by atoms with Gasteiger partial charge in [0, 0.05) is 24.8 Å². The molecule has 0 bridgehead atoms. The molecule has 0 aliphatic carbocycles. The van der Waals surface area contributed by atoms with E-state index in [1.807, 2.05) is 50.4 Å². The molecule has 2 aromatic rings. The second-order valence-corrected chi connectivity index (χ2v) is 4.96. The lowest BCUT2D eigenvalue weighted by molar-refractivity contribution is 0.102. The summed E-state index contributed by atoms with van der Waals surface area (Å²) in [5.74, 6) is 0.512. The minimum atomic E-state index is -0.542. The van der Waals surface area contributed by atoms with Gasteiger partial charge in [-0.3, -0.25) is 0 Å².